The van der Waals surface area contributed by atoms with Gasteiger partial charge in [0.2, 0.25) is 0 Å². The Hall–Kier alpha value is -1.80. The van der Waals surface area contributed by atoms with E-state index in [4.69, 9.17) is 9.47 Å². The summed E-state index contributed by atoms with van der Waals surface area (Å²) in [5.41, 5.74) is 1.21. The molecule has 0 heterocycles. The van der Waals surface area contributed by atoms with Crippen LogP contribution in [0.2, 0.25) is 0 Å². The van der Waals surface area contributed by atoms with Crippen molar-refractivity contribution in [2.45, 2.75) is 32.0 Å². The molecule has 1 unspecified atom stereocenters. The molecule has 1 atom stereocenters. The summed E-state index contributed by atoms with van der Waals surface area (Å²) in [6, 6.07) is 10.3. The summed E-state index contributed by atoms with van der Waals surface area (Å²) in [5.74, 6) is 0. The third-order valence-electron chi connectivity index (χ3n) is 2.88. The summed E-state index contributed by atoms with van der Waals surface area (Å²) >= 11 is 0. The fraction of sp³-hybridized carbons (Fsp3) is 0.333. The average molecular weight is 272 g/mol. The van der Waals surface area contributed by atoms with Crippen molar-refractivity contribution in [3.63, 3.8) is 0 Å². The summed E-state index contributed by atoms with van der Waals surface area (Å²) < 4.78 is 10.8. The fourth-order valence-electron chi connectivity index (χ4n) is 1.82. The number of hydrogen-bond donors (Lipinski definition) is 0. The summed E-state index contributed by atoms with van der Waals surface area (Å²) in [7, 11) is 1.64. The molecule has 0 radical (unpaired) electrons. The van der Waals surface area contributed by atoms with Crippen molar-refractivity contribution in [1.82, 2.24) is 0 Å². The van der Waals surface area contributed by atoms with Crippen molar-refractivity contribution >= 4 is 0 Å². The highest BCUT2D eigenvalue weighted by Gasteiger charge is 2.06. The molecule has 108 valence electrons. The van der Waals surface area contributed by atoms with Crippen LogP contribution in [0.15, 0.2) is 67.5 Å². The molecule has 0 spiro atoms. The van der Waals surface area contributed by atoms with Crippen LogP contribution in [0, 0.1) is 0 Å². The minimum Gasteiger partial charge on any atom is -0.504 e. The van der Waals surface area contributed by atoms with Gasteiger partial charge >= 0.3 is 0 Å². The quantitative estimate of drug-likeness (QED) is 0.351. The Labute approximate surface area is 122 Å². The van der Waals surface area contributed by atoms with E-state index >= 15 is 0 Å². The Morgan fingerprint density at radius 1 is 1.20 bits per heavy atom. The molecular formula is C18H24O2. The first-order chi connectivity index (χ1) is 9.86. The maximum atomic E-state index is 5.95. The maximum absolute atomic E-state index is 5.95. The standard InChI is InChI=1S/C18H24O2/c1-3-11-18(14-9-4-5-10-15-19-2)20-16-17-12-7-6-8-13-17/h3-8,10,12-13,15,18H,1,9,11,14,16H2,2H3/b5-4+,15-10+. The summed E-state index contributed by atoms with van der Waals surface area (Å²) in [6.07, 6.45) is 12.7. The number of benzene rings is 1. The number of hydrogen-bond acceptors (Lipinski definition) is 2. The Morgan fingerprint density at radius 2 is 2.00 bits per heavy atom. The van der Waals surface area contributed by atoms with Gasteiger partial charge in [0.15, 0.2) is 0 Å². The molecule has 0 bridgehead atoms. The van der Waals surface area contributed by atoms with Crippen LogP contribution in [-0.4, -0.2) is 13.2 Å². The molecule has 1 aromatic rings. The molecule has 0 aliphatic heterocycles. The lowest BCUT2D eigenvalue weighted by molar-refractivity contribution is 0.0377. The smallest absolute Gasteiger partial charge is 0.0824 e. The van der Waals surface area contributed by atoms with Crippen LogP contribution in [0.3, 0.4) is 0 Å². The van der Waals surface area contributed by atoms with Gasteiger partial charge in [-0.1, -0.05) is 48.6 Å². The van der Waals surface area contributed by atoms with Crippen molar-refractivity contribution in [3.8, 4) is 0 Å². The van der Waals surface area contributed by atoms with Crippen molar-refractivity contribution in [3.05, 3.63) is 73.0 Å². The Bertz CT molecular complexity index is 407. The topological polar surface area (TPSA) is 18.5 Å². The normalized spacial score (nSPS) is 12.8. The van der Waals surface area contributed by atoms with Crippen LogP contribution in [0.4, 0.5) is 0 Å². The van der Waals surface area contributed by atoms with Gasteiger partial charge < -0.3 is 9.47 Å². The lowest BCUT2D eigenvalue weighted by Gasteiger charge is -2.15. The van der Waals surface area contributed by atoms with Gasteiger partial charge in [0, 0.05) is 0 Å². The second-order valence-corrected chi connectivity index (χ2v) is 4.51. The molecule has 1 rings (SSSR count). The van der Waals surface area contributed by atoms with Crippen molar-refractivity contribution in [2.75, 3.05) is 7.11 Å². The fourth-order valence-corrected chi connectivity index (χ4v) is 1.82. The summed E-state index contributed by atoms with van der Waals surface area (Å²) in [5, 5.41) is 0. The van der Waals surface area contributed by atoms with E-state index in [-0.39, 0.29) is 6.10 Å². The Kier molecular flexibility index (Phi) is 8.99. The molecule has 20 heavy (non-hydrogen) atoms. The molecule has 0 aliphatic rings. The number of allylic oxidation sites excluding steroid dienone is 3. The number of methoxy groups -OCH3 is 1. The summed E-state index contributed by atoms with van der Waals surface area (Å²) in [6.45, 7) is 4.46. The van der Waals surface area contributed by atoms with E-state index in [1.165, 1.54) is 5.56 Å². The molecule has 0 aliphatic carbocycles. The average Bonchev–Trinajstić information content (AvgIpc) is 2.49. The zero-order valence-corrected chi connectivity index (χ0v) is 12.2. The molecule has 0 saturated carbocycles. The van der Waals surface area contributed by atoms with Gasteiger partial charge in [-0.15, -0.1) is 6.58 Å². The van der Waals surface area contributed by atoms with Crippen molar-refractivity contribution < 1.29 is 9.47 Å². The predicted molar refractivity (Wildman–Crippen MR) is 84.4 cm³/mol. The van der Waals surface area contributed by atoms with Gasteiger partial charge in [-0.2, -0.15) is 0 Å². The van der Waals surface area contributed by atoms with E-state index in [1.54, 1.807) is 13.4 Å². The van der Waals surface area contributed by atoms with Crippen molar-refractivity contribution in [2.24, 2.45) is 0 Å². The Morgan fingerprint density at radius 3 is 2.70 bits per heavy atom. The largest absolute Gasteiger partial charge is 0.504 e. The van der Waals surface area contributed by atoms with Crippen LogP contribution in [0.1, 0.15) is 24.8 Å². The van der Waals surface area contributed by atoms with Crippen LogP contribution in [-0.2, 0) is 16.1 Å². The lowest BCUT2D eigenvalue weighted by atomic mass is 10.1. The third kappa shape index (κ3) is 7.59. The number of rotatable bonds is 10. The van der Waals surface area contributed by atoms with Gasteiger partial charge in [0.05, 0.1) is 26.1 Å². The number of ether oxygens (including phenoxy) is 2. The van der Waals surface area contributed by atoms with E-state index in [2.05, 4.69) is 24.8 Å². The highest BCUT2D eigenvalue weighted by molar-refractivity contribution is 5.13. The monoisotopic (exact) mass is 272 g/mol. The minimum absolute atomic E-state index is 0.226. The van der Waals surface area contributed by atoms with Gasteiger partial charge in [0.25, 0.3) is 0 Å². The third-order valence-corrected chi connectivity index (χ3v) is 2.88. The van der Waals surface area contributed by atoms with Crippen LogP contribution in [0.5, 0.6) is 0 Å². The van der Waals surface area contributed by atoms with Gasteiger partial charge in [-0.05, 0) is 30.9 Å². The zero-order valence-electron chi connectivity index (χ0n) is 12.2. The first-order valence-corrected chi connectivity index (χ1v) is 6.97. The zero-order chi connectivity index (χ0) is 14.5. The van der Waals surface area contributed by atoms with Gasteiger partial charge in [0.1, 0.15) is 0 Å². The van der Waals surface area contributed by atoms with E-state index in [0.717, 1.165) is 19.3 Å². The highest BCUT2D eigenvalue weighted by Crippen LogP contribution is 2.12. The molecule has 0 saturated heterocycles. The van der Waals surface area contributed by atoms with Gasteiger partial charge in [-0.25, -0.2) is 0 Å². The molecule has 2 nitrogen and oxygen atoms in total. The molecular weight excluding hydrogens is 248 g/mol. The second-order valence-electron chi connectivity index (χ2n) is 4.51. The molecule has 0 N–H and O–H groups in total. The summed E-state index contributed by atoms with van der Waals surface area (Å²) in [4.78, 5) is 0. The first kappa shape index (κ1) is 16.3. The SMILES string of the molecule is C=CCC(CC/C=C/C=C/OC)OCc1ccccc1. The van der Waals surface area contributed by atoms with E-state index in [0.29, 0.717) is 6.61 Å². The molecule has 0 fully saturated rings. The molecule has 2 heteroatoms. The maximum Gasteiger partial charge on any atom is 0.0824 e. The van der Waals surface area contributed by atoms with Crippen LogP contribution in [0.25, 0.3) is 0 Å². The van der Waals surface area contributed by atoms with Crippen molar-refractivity contribution in [1.29, 1.82) is 0 Å². The Balaban J connectivity index is 2.31. The lowest BCUT2D eigenvalue weighted by Crippen LogP contribution is -2.11. The molecule has 0 amide bonds. The minimum atomic E-state index is 0.226. The van der Waals surface area contributed by atoms with E-state index in [9.17, 15) is 0 Å². The predicted octanol–water partition coefficient (Wildman–Crippen LogP) is 4.64. The molecule has 0 aromatic heterocycles. The second kappa shape index (κ2) is 11.1. The van der Waals surface area contributed by atoms with Gasteiger partial charge in [-0.3, -0.25) is 0 Å². The van der Waals surface area contributed by atoms with Crippen LogP contribution >= 0.6 is 0 Å². The highest BCUT2D eigenvalue weighted by atomic mass is 16.5. The van der Waals surface area contributed by atoms with Crippen LogP contribution < -0.4 is 0 Å². The van der Waals surface area contributed by atoms with E-state index < -0.39 is 0 Å². The van der Waals surface area contributed by atoms with E-state index in [1.807, 2.05) is 36.4 Å². The first-order valence-electron chi connectivity index (χ1n) is 6.97. The molecule has 1 aromatic carbocycles.